The summed E-state index contributed by atoms with van der Waals surface area (Å²) in [6.45, 7) is 1.66. The van der Waals surface area contributed by atoms with Gasteiger partial charge in [0.15, 0.2) is 5.03 Å². The second kappa shape index (κ2) is 7.85. The third-order valence-corrected chi connectivity index (χ3v) is 5.44. The Hall–Kier alpha value is -3.70. The van der Waals surface area contributed by atoms with Crippen LogP contribution in [-0.4, -0.2) is 38.6 Å². The van der Waals surface area contributed by atoms with Gasteiger partial charge in [-0.1, -0.05) is 0 Å². The van der Waals surface area contributed by atoms with Gasteiger partial charge in [0.05, 0.1) is 35.2 Å². The molecule has 0 aliphatic carbocycles. The predicted octanol–water partition coefficient (Wildman–Crippen LogP) is 2.69. The van der Waals surface area contributed by atoms with Crippen molar-refractivity contribution in [1.82, 2.24) is 25.1 Å². The number of amides is 1. The number of fused-ring (bicyclic) bond motifs is 1. The highest BCUT2D eigenvalue weighted by Gasteiger charge is 2.19. The highest BCUT2D eigenvalue weighted by atomic mass is 32.2. The van der Waals surface area contributed by atoms with E-state index in [1.54, 1.807) is 29.9 Å². The minimum Gasteiger partial charge on any atom is -0.345 e. The Morgan fingerprint density at radius 3 is 2.61 bits per heavy atom. The summed E-state index contributed by atoms with van der Waals surface area (Å²) in [6.07, 6.45) is 5.70. The molecule has 4 aromatic rings. The van der Waals surface area contributed by atoms with Crippen molar-refractivity contribution < 1.29 is 22.2 Å². The Bertz CT molecular complexity index is 1390. The molecule has 0 saturated carbocycles. The van der Waals surface area contributed by atoms with Gasteiger partial charge in [-0.2, -0.15) is 13.5 Å². The fourth-order valence-corrected chi connectivity index (χ4v) is 3.58. The van der Waals surface area contributed by atoms with E-state index in [1.807, 2.05) is 0 Å². The zero-order valence-corrected chi connectivity index (χ0v) is 16.9. The molecular formula is C20H16FN5O4S. The van der Waals surface area contributed by atoms with E-state index in [9.17, 15) is 17.6 Å². The molecule has 1 amide bonds. The average molecular weight is 441 g/mol. The number of pyridine rings is 2. The molecule has 0 fully saturated rings. The van der Waals surface area contributed by atoms with Crippen LogP contribution in [0.3, 0.4) is 0 Å². The van der Waals surface area contributed by atoms with E-state index < -0.39 is 27.1 Å². The number of aromatic nitrogens is 4. The Kier molecular flexibility index (Phi) is 5.21. The number of nitrogens with one attached hydrogen (secondary N) is 1. The molecule has 0 spiro atoms. The molecule has 0 aliphatic heterocycles. The molecule has 31 heavy (non-hydrogen) atoms. The summed E-state index contributed by atoms with van der Waals surface area (Å²) in [4.78, 5) is 20.6. The number of hydrogen-bond donors (Lipinski definition) is 2. The summed E-state index contributed by atoms with van der Waals surface area (Å²) in [5.74, 6) is -0.824. The normalized spacial score (nSPS) is 12.6. The lowest BCUT2D eigenvalue weighted by atomic mass is 10.1. The number of carbonyl (C=O) groups is 1. The summed E-state index contributed by atoms with van der Waals surface area (Å²) in [5, 5.41) is 7.09. The molecule has 3 heterocycles. The molecule has 0 unspecified atom stereocenters. The zero-order valence-electron chi connectivity index (χ0n) is 16.1. The minimum atomic E-state index is -4.46. The lowest BCUT2D eigenvalue weighted by Gasteiger charge is -2.15. The first kappa shape index (κ1) is 20.6. The second-order valence-corrected chi connectivity index (χ2v) is 8.12. The molecule has 0 aliphatic rings. The Balaban J connectivity index is 1.63. The van der Waals surface area contributed by atoms with Crippen LogP contribution in [0.4, 0.5) is 4.39 Å². The molecule has 1 aromatic carbocycles. The van der Waals surface area contributed by atoms with E-state index in [1.165, 1.54) is 42.9 Å². The van der Waals surface area contributed by atoms with E-state index in [0.717, 1.165) is 0 Å². The van der Waals surface area contributed by atoms with Crippen LogP contribution in [0.2, 0.25) is 0 Å². The summed E-state index contributed by atoms with van der Waals surface area (Å²) in [7, 11) is -4.46. The van der Waals surface area contributed by atoms with E-state index in [0.29, 0.717) is 22.2 Å². The predicted molar refractivity (Wildman–Crippen MR) is 109 cm³/mol. The first-order valence-corrected chi connectivity index (χ1v) is 10.5. The number of carbonyl (C=O) groups excluding carboxylic acids is 1. The topological polar surface area (TPSA) is 127 Å². The molecule has 2 N–H and O–H groups in total. The van der Waals surface area contributed by atoms with Crippen molar-refractivity contribution >= 4 is 26.9 Å². The van der Waals surface area contributed by atoms with Gasteiger partial charge in [-0.3, -0.25) is 14.3 Å². The van der Waals surface area contributed by atoms with Gasteiger partial charge in [0.25, 0.3) is 5.91 Å². The van der Waals surface area contributed by atoms with Gasteiger partial charge in [-0.05, 0) is 48.9 Å². The number of halogens is 1. The van der Waals surface area contributed by atoms with E-state index in [2.05, 4.69) is 20.4 Å². The summed E-state index contributed by atoms with van der Waals surface area (Å²) < 4.78 is 46.5. The quantitative estimate of drug-likeness (QED) is 0.456. The van der Waals surface area contributed by atoms with Crippen molar-refractivity contribution in [1.29, 1.82) is 0 Å². The summed E-state index contributed by atoms with van der Waals surface area (Å²) >= 11 is 0. The first-order valence-electron chi connectivity index (χ1n) is 9.06. The van der Waals surface area contributed by atoms with E-state index >= 15 is 0 Å². The van der Waals surface area contributed by atoms with E-state index in [4.69, 9.17) is 4.55 Å². The van der Waals surface area contributed by atoms with Gasteiger partial charge >= 0.3 is 10.1 Å². The fourth-order valence-electron chi connectivity index (χ4n) is 3.10. The molecule has 0 radical (unpaired) electrons. The van der Waals surface area contributed by atoms with E-state index in [-0.39, 0.29) is 11.4 Å². The molecule has 9 nitrogen and oxygen atoms in total. The number of benzene rings is 1. The SMILES string of the molecule is C[C@H](NC(=O)c1cncc2c1cnn2-c1ccc(F)cc1)c1ccnc(S(=O)(=O)O)c1. The average Bonchev–Trinajstić information content (AvgIpc) is 3.18. The molecule has 0 saturated heterocycles. The van der Waals surface area contributed by atoms with Crippen LogP contribution in [0, 0.1) is 5.82 Å². The Morgan fingerprint density at radius 2 is 1.90 bits per heavy atom. The van der Waals surface area contributed by atoms with Crippen molar-refractivity contribution in [3.05, 3.63) is 78.1 Å². The van der Waals surface area contributed by atoms with Crippen molar-refractivity contribution in [3.8, 4) is 5.69 Å². The molecule has 4 rings (SSSR count). The van der Waals surface area contributed by atoms with Crippen LogP contribution in [0.1, 0.15) is 28.9 Å². The Morgan fingerprint density at radius 1 is 1.16 bits per heavy atom. The molecule has 0 bridgehead atoms. The Labute approximate surface area is 176 Å². The number of rotatable bonds is 5. The number of hydrogen-bond acceptors (Lipinski definition) is 6. The third kappa shape index (κ3) is 4.13. The molecular weight excluding hydrogens is 425 g/mol. The highest BCUT2D eigenvalue weighted by Crippen LogP contribution is 2.22. The van der Waals surface area contributed by atoms with Crippen LogP contribution in [0.25, 0.3) is 16.6 Å². The smallest absolute Gasteiger partial charge is 0.312 e. The third-order valence-electron chi connectivity index (χ3n) is 4.68. The monoisotopic (exact) mass is 441 g/mol. The summed E-state index contributed by atoms with van der Waals surface area (Å²) in [6, 6.07) is 7.88. The molecule has 3 aromatic heterocycles. The lowest BCUT2D eigenvalue weighted by molar-refractivity contribution is 0.0941. The van der Waals surface area contributed by atoms with Crippen molar-refractivity contribution in [2.24, 2.45) is 0 Å². The first-order chi connectivity index (χ1) is 14.7. The molecule has 1 atom stereocenters. The summed E-state index contributed by atoms with van der Waals surface area (Å²) in [5.41, 5.74) is 1.88. The van der Waals surface area contributed by atoms with Gasteiger partial charge in [0.1, 0.15) is 5.82 Å². The van der Waals surface area contributed by atoms with Gasteiger partial charge in [0.2, 0.25) is 0 Å². The van der Waals surface area contributed by atoms with Crippen LogP contribution >= 0.6 is 0 Å². The van der Waals surface area contributed by atoms with Crippen LogP contribution < -0.4 is 5.32 Å². The maximum Gasteiger partial charge on any atom is 0.312 e. The standard InChI is InChI=1S/C20H16FN5O4S/c1-12(13-6-7-23-19(8-13)31(28,29)30)25-20(27)17-9-22-11-18-16(17)10-24-26(18)15-4-2-14(21)3-5-15/h2-12H,1H3,(H,25,27)(H,28,29,30)/t12-/m0/s1. The fraction of sp³-hybridized carbons (Fsp3) is 0.100. The highest BCUT2D eigenvalue weighted by molar-refractivity contribution is 7.85. The molecule has 11 heteroatoms. The van der Waals surface area contributed by atoms with Crippen molar-refractivity contribution in [2.75, 3.05) is 0 Å². The van der Waals surface area contributed by atoms with Crippen LogP contribution in [0.5, 0.6) is 0 Å². The van der Waals surface area contributed by atoms with Gasteiger partial charge in [-0.15, -0.1) is 0 Å². The second-order valence-electron chi connectivity index (χ2n) is 6.75. The van der Waals surface area contributed by atoms with Crippen LogP contribution in [0.15, 0.2) is 66.2 Å². The largest absolute Gasteiger partial charge is 0.345 e. The van der Waals surface area contributed by atoms with Gasteiger partial charge < -0.3 is 5.32 Å². The lowest BCUT2D eigenvalue weighted by Crippen LogP contribution is -2.27. The maximum absolute atomic E-state index is 13.2. The van der Waals surface area contributed by atoms with Gasteiger partial charge in [0, 0.05) is 17.8 Å². The maximum atomic E-state index is 13.2. The van der Waals surface area contributed by atoms with Gasteiger partial charge in [-0.25, -0.2) is 14.1 Å². The van der Waals surface area contributed by atoms with Crippen molar-refractivity contribution in [2.45, 2.75) is 18.0 Å². The minimum absolute atomic E-state index is 0.266. The number of nitrogens with zero attached hydrogens (tertiary/aromatic N) is 4. The van der Waals surface area contributed by atoms with Crippen LogP contribution in [-0.2, 0) is 10.1 Å². The molecule has 158 valence electrons. The van der Waals surface area contributed by atoms with Crippen molar-refractivity contribution in [3.63, 3.8) is 0 Å². The zero-order chi connectivity index (χ0) is 22.2.